The summed E-state index contributed by atoms with van der Waals surface area (Å²) in [4.78, 5) is 37.5. The van der Waals surface area contributed by atoms with Crippen LogP contribution in [-0.4, -0.2) is 40.8 Å². The number of ether oxygens (including phenoxy) is 1. The van der Waals surface area contributed by atoms with Crippen LogP contribution in [0.25, 0.3) is 0 Å². The molecule has 9 heteroatoms. The van der Waals surface area contributed by atoms with E-state index in [4.69, 9.17) is 21.3 Å². The average molecular weight is 277 g/mol. The number of carboxylic acid groups (broad SMARTS) is 1. The first-order chi connectivity index (χ1) is 8.44. The lowest BCUT2D eigenvalue weighted by Gasteiger charge is -2.20. The number of amides is 1. The third kappa shape index (κ3) is 8.08. The number of hydrogen-bond acceptors (Lipinski definition) is 7. The van der Waals surface area contributed by atoms with Gasteiger partial charge in [-0.25, -0.2) is 9.59 Å². The Morgan fingerprint density at radius 1 is 1.21 bits per heavy atom. The maximum absolute atomic E-state index is 11.3. The van der Waals surface area contributed by atoms with E-state index in [9.17, 15) is 14.4 Å². The molecule has 0 radical (unpaired) electrons. The molecule has 0 aromatic heterocycles. The summed E-state index contributed by atoms with van der Waals surface area (Å²) in [6.45, 7) is 4.40. The van der Waals surface area contributed by atoms with Crippen molar-refractivity contribution in [2.75, 3.05) is 6.61 Å². The zero-order valence-corrected chi connectivity index (χ0v) is 11.1. The van der Waals surface area contributed by atoms with Crippen LogP contribution in [0.5, 0.6) is 0 Å². The summed E-state index contributed by atoms with van der Waals surface area (Å²) in [6, 6.07) is 0. The lowest BCUT2D eigenvalue weighted by Crippen LogP contribution is -2.58. The van der Waals surface area contributed by atoms with Crippen molar-refractivity contribution in [2.24, 2.45) is 11.5 Å². The summed E-state index contributed by atoms with van der Waals surface area (Å²) in [5, 5.41) is 8.60. The summed E-state index contributed by atoms with van der Waals surface area (Å²) in [6.07, 6.45) is -1.50. The summed E-state index contributed by atoms with van der Waals surface area (Å²) >= 11 is 0. The van der Waals surface area contributed by atoms with Gasteiger partial charge >= 0.3 is 12.1 Å². The fourth-order valence-corrected chi connectivity index (χ4v) is 0.927. The highest BCUT2D eigenvalue weighted by Crippen LogP contribution is 2.06. The molecule has 0 fully saturated rings. The number of nitrogens with two attached hydrogens (primary N) is 2. The van der Waals surface area contributed by atoms with Gasteiger partial charge in [0, 0.05) is 0 Å². The Hall–Kier alpha value is -1.71. The van der Waals surface area contributed by atoms with Crippen molar-refractivity contribution < 1.29 is 29.1 Å². The van der Waals surface area contributed by atoms with Gasteiger partial charge in [-0.3, -0.25) is 9.63 Å². The molecule has 1 amide bonds. The zero-order valence-electron chi connectivity index (χ0n) is 11.1. The number of ketones is 1. The lowest BCUT2D eigenvalue weighted by molar-refractivity contribution is -0.146. The van der Waals surface area contributed by atoms with Crippen molar-refractivity contribution in [3.8, 4) is 0 Å². The van der Waals surface area contributed by atoms with Crippen LogP contribution < -0.4 is 16.9 Å². The Morgan fingerprint density at radius 2 is 1.74 bits per heavy atom. The van der Waals surface area contributed by atoms with E-state index in [-0.39, 0.29) is 0 Å². The van der Waals surface area contributed by atoms with Crippen molar-refractivity contribution in [1.82, 2.24) is 5.48 Å². The Labute approximate surface area is 110 Å². The molecule has 0 aromatic rings. The number of hydroxylamine groups is 1. The highest BCUT2D eigenvalue weighted by Gasteiger charge is 2.31. The number of nitrogens with one attached hydrogen (secondary N) is 1. The van der Waals surface area contributed by atoms with Crippen LogP contribution in [0.15, 0.2) is 0 Å². The molecule has 19 heavy (non-hydrogen) atoms. The van der Waals surface area contributed by atoms with Gasteiger partial charge in [-0.2, -0.15) is 5.48 Å². The van der Waals surface area contributed by atoms with Crippen LogP contribution in [-0.2, 0) is 19.2 Å². The first-order valence-electron chi connectivity index (χ1n) is 5.38. The Kier molecular flexibility index (Phi) is 5.87. The predicted octanol–water partition coefficient (Wildman–Crippen LogP) is -0.900. The molecule has 6 N–H and O–H groups in total. The highest BCUT2D eigenvalue weighted by molar-refractivity contribution is 5.88. The third-order valence-corrected chi connectivity index (χ3v) is 1.68. The molecule has 0 unspecified atom stereocenters. The highest BCUT2D eigenvalue weighted by atomic mass is 16.7. The quantitative estimate of drug-likeness (QED) is 0.359. The number of Topliss-reactive ketones (excluding diaryl/α,β-unsaturated/α-hetero) is 1. The van der Waals surface area contributed by atoms with Gasteiger partial charge in [-0.15, -0.1) is 0 Å². The number of carbonyl (C=O) groups excluding carboxylic acids is 2. The maximum Gasteiger partial charge on any atom is 0.431 e. The minimum absolute atomic E-state index is 0.567. The lowest BCUT2D eigenvalue weighted by atomic mass is 10.1. The molecule has 0 aliphatic carbocycles. The van der Waals surface area contributed by atoms with Gasteiger partial charge < -0.3 is 21.3 Å². The third-order valence-electron chi connectivity index (χ3n) is 1.68. The molecule has 0 aliphatic heterocycles. The molecule has 0 atom stereocenters. The smallest absolute Gasteiger partial charge is 0.431 e. The minimum atomic E-state index is -2.16. The number of rotatable bonds is 6. The SMILES string of the molecule is CC(C)(C)OC(=O)NOCC(=O)CC(N)(N)C(=O)O. The molecule has 0 aromatic carbocycles. The topological polar surface area (TPSA) is 154 Å². The van der Waals surface area contributed by atoms with Gasteiger partial charge in [0.05, 0.1) is 6.42 Å². The van der Waals surface area contributed by atoms with Gasteiger partial charge in [0.15, 0.2) is 11.4 Å². The maximum atomic E-state index is 11.3. The number of hydrogen-bond donors (Lipinski definition) is 4. The standard InChI is InChI=1S/C10H19N3O6/c1-9(2,3)19-8(17)13-18-5-6(14)4-10(11,12)7(15)16/h4-5,11-12H2,1-3H3,(H,13,17)(H,15,16). The Morgan fingerprint density at radius 3 is 2.16 bits per heavy atom. The van der Waals surface area contributed by atoms with Crippen molar-refractivity contribution in [3.63, 3.8) is 0 Å². The van der Waals surface area contributed by atoms with Crippen LogP contribution in [0.1, 0.15) is 27.2 Å². The molecule has 110 valence electrons. The zero-order chi connectivity index (χ0) is 15.3. The van der Waals surface area contributed by atoms with Crippen LogP contribution >= 0.6 is 0 Å². The average Bonchev–Trinajstić information content (AvgIpc) is 2.12. The second-order valence-electron chi connectivity index (χ2n) is 4.95. The fraction of sp³-hybridized carbons (Fsp3) is 0.700. The van der Waals surface area contributed by atoms with Crippen molar-refractivity contribution in [3.05, 3.63) is 0 Å². The largest absolute Gasteiger partial charge is 0.479 e. The molecule has 0 spiro atoms. The molecule has 9 nitrogen and oxygen atoms in total. The van der Waals surface area contributed by atoms with Crippen LogP contribution in [0, 0.1) is 0 Å². The summed E-state index contributed by atoms with van der Waals surface area (Å²) in [7, 11) is 0. The van der Waals surface area contributed by atoms with Gasteiger partial charge in [-0.05, 0) is 20.8 Å². The van der Waals surface area contributed by atoms with Gasteiger partial charge in [0.1, 0.15) is 12.2 Å². The molecular weight excluding hydrogens is 258 g/mol. The molecule has 0 rings (SSSR count). The molecule has 0 bridgehead atoms. The summed E-state index contributed by atoms with van der Waals surface area (Å²) in [5.74, 6) is -2.19. The van der Waals surface area contributed by atoms with Gasteiger partial charge in [0.2, 0.25) is 0 Å². The molecule has 0 aliphatic rings. The first kappa shape index (κ1) is 17.3. The van der Waals surface area contributed by atoms with Crippen LogP contribution in [0.3, 0.4) is 0 Å². The van der Waals surface area contributed by atoms with E-state index < -0.39 is 42.1 Å². The Bertz CT molecular complexity index is 361. The molecule has 0 heterocycles. The normalized spacial score (nSPS) is 11.8. The van der Waals surface area contributed by atoms with Gasteiger partial charge in [-0.1, -0.05) is 0 Å². The monoisotopic (exact) mass is 277 g/mol. The van der Waals surface area contributed by atoms with Crippen LogP contribution in [0.4, 0.5) is 4.79 Å². The number of carboxylic acids is 1. The van der Waals surface area contributed by atoms with E-state index in [1.165, 1.54) is 0 Å². The first-order valence-corrected chi connectivity index (χ1v) is 5.38. The molecular formula is C10H19N3O6. The van der Waals surface area contributed by atoms with Crippen LogP contribution in [0.2, 0.25) is 0 Å². The summed E-state index contributed by atoms with van der Waals surface area (Å²) < 4.78 is 4.83. The van der Waals surface area contributed by atoms with E-state index in [0.717, 1.165) is 0 Å². The molecule has 0 saturated carbocycles. The summed E-state index contributed by atoms with van der Waals surface area (Å²) in [5.41, 5.74) is 9.34. The predicted molar refractivity (Wildman–Crippen MR) is 63.7 cm³/mol. The van der Waals surface area contributed by atoms with Crippen molar-refractivity contribution >= 4 is 17.8 Å². The number of aliphatic carboxylic acids is 1. The van der Waals surface area contributed by atoms with E-state index in [0.29, 0.717) is 0 Å². The van der Waals surface area contributed by atoms with E-state index in [1.54, 1.807) is 20.8 Å². The number of carbonyl (C=O) groups is 3. The van der Waals surface area contributed by atoms with Crippen molar-refractivity contribution in [1.29, 1.82) is 0 Å². The second-order valence-corrected chi connectivity index (χ2v) is 4.95. The second kappa shape index (κ2) is 6.45. The minimum Gasteiger partial charge on any atom is -0.479 e. The van der Waals surface area contributed by atoms with E-state index in [1.807, 2.05) is 5.48 Å². The van der Waals surface area contributed by atoms with E-state index >= 15 is 0 Å². The van der Waals surface area contributed by atoms with Gasteiger partial charge in [0.25, 0.3) is 0 Å². The van der Waals surface area contributed by atoms with E-state index in [2.05, 4.69) is 4.84 Å². The van der Waals surface area contributed by atoms with Crippen molar-refractivity contribution in [2.45, 2.75) is 38.5 Å². The fourth-order valence-electron chi connectivity index (χ4n) is 0.927. The Balaban J connectivity index is 4.00. The molecule has 0 saturated heterocycles.